The first kappa shape index (κ1) is 14.7. The van der Waals surface area contributed by atoms with Gasteiger partial charge in [-0.05, 0) is 26.8 Å². The molecule has 1 amide bonds. The van der Waals surface area contributed by atoms with Crippen LogP contribution in [0, 0.1) is 5.82 Å². The van der Waals surface area contributed by atoms with Gasteiger partial charge in [-0.3, -0.25) is 10.1 Å². The lowest BCUT2D eigenvalue weighted by Crippen LogP contribution is -2.27. The van der Waals surface area contributed by atoms with Gasteiger partial charge in [0.25, 0.3) is 0 Å². The summed E-state index contributed by atoms with van der Waals surface area (Å²) in [5.41, 5.74) is -1.83. The molecular weight excluding hydrogens is 257 g/mol. The van der Waals surface area contributed by atoms with Crippen molar-refractivity contribution in [1.82, 2.24) is 0 Å². The average Bonchev–Trinajstić information content (AvgIpc) is 2.27. The number of aromatic hydroxyl groups is 2. The van der Waals surface area contributed by atoms with Gasteiger partial charge in [-0.15, -0.1) is 0 Å². The fourth-order valence-corrected chi connectivity index (χ4v) is 1.26. The highest BCUT2D eigenvalue weighted by molar-refractivity contribution is 5.93. The van der Waals surface area contributed by atoms with Gasteiger partial charge < -0.3 is 14.9 Å². The first-order valence-corrected chi connectivity index (χ1v) is 5.35. The summed E-state index contributed by atoms with van der Waals surface area (Å²) in [5, 5.41) is 21.0. The Labute approximate surface area is 108 Å². The molecule has 0 aliphatic rings. The van der Waals surface area contributed by atoms with Gasteiger partial charge in [-0.2, -0.15) is 0 Å². The van der Waals surface area contributed by atoms with Crippen molar-refractivity contribution in [2.45, 2.75) is 26.4 Å². The molecule has 1 aromatic carbocycles. The highest BCUT2D eigenvalue weighted by Crippen LogP contribution is 2.37. The molecule has 0 heterocycles. The molecule has 0 aromatic heterocycles. The van der Waals surface area contributed by atoms with Crippen LogP contribution in [0.3, 0.4) is 0 Å². The lowest BCUT2D eigenvalue weighted by molar-refractivity contribution is 0.0634. The molecule has 19 heavy (non-hydrogen) atoms. The molecule has 104 valence electrons. The topological polar surface area (TPSA) is 95.9 Å². The number of anilines is 1. The fourth-order valence-electron chi connectivity index (χ4n) is 1.26. The number of aldehydes is 1. The molecule has 0 spiro atoms. The number of amides is 1. The molecule has 1 aromatic rings. The Morgan fingerprint density at radius 3 is 2.42 bits per heavy atom. The summed E-state index contributed by atoms with van der Waals surface area (Å²) >= 11 is 0. The van der Waals surface area contributed by atoms with Crippen molar-refractivity contribution >= 4 is 18.1 Å². The van der Waals surface area contributed by atoms with Gasteiger partial charge in [0.15, 0.2) is 23.6 Å². The molecule has 0 fully saturated rings. The van der Waals surface area contributed by atoms with Crippen molar-refractivity contribution in [2.24, 2.45) is 0 Å². The van der Waals surface area contributed by atoms with Gasteiger partial charge >= 0.3 is 6.09 Å². The second kappa shape index (κ2) is 5.13. The van der Waals surface area contributed by atoms with Crippen LogP contribution in [0.15, 0.2) is 6.07 Å². The van der Waals surface area contributed by atoms with E-state index in [1.54, 1.807) is 20.8 Å². The Bertz CT molecular complexity index is 522. The maximum Gasteiger partial charge on any atom is 0.412 e. The van der Waals surface area contributed by atoms with Crippen molar-refractivity contribution in [3.8, 4) is 11.5 Å². The Hall–Kier alpha value is -2.31. The molecule has 0 atom stereocenters. The summed E-state index contributed by atoms with van der Waals surface area (Å²) in [6.45, 7) is 4.82. The number of phenolic OH excluding ortho intramolecular Hbond substituents is 2. The van der Waals surface area contributed by atoms with E-state index in [0.717, 1.165) is 0 Å². The van der Waals surface area contributed by atoms with Gasteiger partial charge in [0, 0.05) is 0 Å². The summed E-state index contributed by atoms with van der Waals surface area (Å²) in [6.07, 6.45) is -0.807. The third kappa shape index (κ3) is 3.57. The Balaban J connectivity index is 3.10. The van der Waals surface area contributed by atoms with E-state index in [9.17, 15) is 24.2 Å². The number of carbonyl (C=O) groups excluding carboxylic acids is 2. The Morgan fingerprint density at radius 2 is 1.95 bits per heavy atom. The van der Waals surface area contributed by atoms with Crippen LogP contribution in [-0.2, 0) is 4.74 Å². The minimum atomic E-state index is -1.15. The number of ether oxygens (including phenoxy) is 1. The molecule has 0 radical (unpaired) electrons. The zero-order valence-electron chi connectivity index (χ0n) is 10.7. The van der Waals surface area contributed by atoms with Crippen LogP contribution >= 0.6 is 0 Å². The number of carbonyl (C=O) groups is 2. The monoisotopic (exact) mass is 271 g/mol. The van der Waals surface area contributed by atoms with E-state index in [1.807, 2.05) is 5.32 Å². The van der Waals surface area contributed by atoms with Gasteiger partial charge in [-0.25, -0.2) is 9.18 Å². The lowest BCUT2D eigenvalue weighted by atomic mass is 10.1. The summed E-state index contributed by atoms with van der Waals surface area (Å²) in [5.74, 6) is -2.86. The van der Waals surface area contributed by atoms with Crippen molar-refractivity contribution in [3.05, 3.63) is 17.4 Å². The van der Waals surface area contributed by atoms with Crippen molar-refractivity contribution in [3.63, 3.8) is 0 Å². The maximum atomic E-state index is 13.3. The van der Waals surface area contributed by atoms with E-state index in [0.29, 0.717) is 6.07 Å². The quantitative estimate of drug-likeness (QED) is 0.567. The standard InChI is InChI=1S/C12H14FNO5/c1-12(2,3)19-11(18)14-8-9(16)6(5-15)4-7(13)10(8)17/h4-5,16-17H,1-3H3,(H,14,18). The largest absolute Gasteiger partial charge is 0.505 e. The molecular formula is C12H14FNO5. The van der Waals surface area contributed by atoms with Crippen LogP contribution < -0.4 is 5.32 Å². The predicted molar refractivity (Wildman–Crippen MR) is 65.0 cm³/mol. The van der Waals surface area contributed by atoms with E-state index >= 15 is 0 Å². The van der Waals surface area contributed by atoms with E-state index in [4.69, 9.17) is 4.74 Å². The SMILES string of the molecule is CC(C)(C)OC(=O)Nc1c(O)c(F)cc(C=O)c1O. The van der Waals surface area contributed by atoms with Gasteiger partial charge in [-0.1, -0.05) is 0 Å². The normalized spacial score (nSPS) is 10.9. The van der Waals surface area contributed by atoms with E-state index < -0.39 is 40.3 Å². The van der Waals surface area contributed by atoms with Crippen LogP contribution in [0.2, 0.25) is 0 Å². The number of phenols is 2. The summed E-state index contributed by atoms with van der Waals surface area (Å²) in [6, 6.07) is 0.651. The molecule has 0 saturated heterocycles. The molecule has 0 unspecified atom stereocenters. The van der Waals surface area contributed by atoms with E-state index in [-0.39, 0.29) is 6.29 Å². The molecule has 3 N–H and O–H groups in total. The second-order valence-electron chi connectivity index (χ2n) is 4.76. The highest BCUT2D eigenvalue weighted by Gasteiger charge is 2.22. The van der Waals surface area contributed by atoms with Crippen LogP contribution in [0.1, 0.15) is 31.1 Å². The van der Waals surface area contributed by atoms with Gasteiger partial charge in [0.2, 0.25) is 0 Å². The van der Waals surface area contributed by atoms with Gasteiger partial charge in [0.1, 0.15) is 11.3 Å². The van der Waals surface area contributed by atoms with Crippen molar-refractivity contribution in [2.75, 3.05) is 5.32 Å². The molecule has 0 saturated carbocycles. The minimum Gasteiger partial charge on any atom is -0.505 e. The zero-order chi connectivity index (χ0) is 14.8. The second-order valence-corrected chi connectivity index (χ2v) is 4.76. The average molecular weight is 271 g/mol. The van der Waals surface area contributed by atoms with E-state index in [2.05, 4.69) is 0 Å². The molecule has 0 bridgehead atoms. The number of halogens is 1. The minimum absolute atomic E-state index is 0.193. The zero-order valence-corrected chi connectivity index (χ0v) is 10.7. The molecule has 7 heteroatoms. The third-order valence-corrected chi connectivity index (χ3v) is 2.01. The number of hydrogen-bond donors (Lipinski definition) is 3. The summed E-state index contributed by atoms with van der Waals surface area (Å²) in [4.78, 5) is 22.1. The van der Waals surface area contributed by atoms with Gasteiger partial charge in [0.05, 0.1) is 5.56 Å². The maximum absolute atomic E-state index is 13.3. The van der Waals surface area contributed by atoms with E-state index in [1.165, 1.54) is 0 Å². The van der Waals surface area contributed by atoms with Crippen molar-refractivity contribution in [1.29, 1.82) is 0 Å². The number of hydrogen-bond acceptors (Lipinski definition) is 5. The van der Waals surface area contributed by atoms with Crippen LogP contribution in [0.5, 0.6) is 11.5 Å². The molecule has 0 aliphatic carbocycles. The summed E-state index contributed by atoms with van der Waals surface area (Å²) in [7, 11) is 0. The van der Waals surface area contributed by atoms with Crippen LogP contribution in [0.4, 0.5) is 14.9 Å². The highest BCUT2D eigenvalue weighted by atomic mass is 19.1. The smallest absolute Gasteiger partial charge is 0.412 e. The Morgan fingerprint density at radius 1 is 1.37 bits per heavy atom. The number of benzene rings is 1. The molecule has 1 rings (SSSR count). The first-order chi connectivity index (χ1) is 8.65. The Kier molecular flexibility index (Phi) is 3.98. The van der Waals surface area contributed by atoms with Crippen LogP contribution in [-0.4, -0.2) is 28.2 Å². The third-order valence-electron chi connectivity index (χ3n) is 2.01. The molecule has 6 nitrogen and oxygen atoms in total. The number of nitrogens with one attached hydrogen (secondary N) is 1. The predicted octanol–water partition coefficient (Wildman–Crippen LogP) is 2.40. The fraction of sp³-hybridized carbons (Fsp3) is 0.333. The van der Waals surface area contributed by atoms with Crippen molar-refractivity contribution < 1.29 is 28.9 Å². The lowest BCUT2D eigenvalue weighted by Gasteiger charge is -2.20. The molecule has 0 aliphatic heterocycles. The van der Waals surface area contributed by atoms with Crippen LogP contribution in [0.25, 0.3) is 0 Å². The summed E-state index contributed by atoms with van der Waals surface area (Å²) < 4.78 is 18.2. The number of rotatable bonds is 2. The first-order valence-electron chi connectivity index (χ1n) is 5.35.